The van der Waals surface area contributed by atoms with Gasteiger partial charge in [0, 0.05) is 30.6 Å². The Kier molecular flexibility index (Phi) is 8.76. The van der Waals surface area contributed by atoms with Crippen LogP contribution in [0.25, 0.3) is 27.0 Å². The molecule has 1 saturated heterocycles. The molecule has 10 nitrogen and oxygen atoms in total. The number of carbonyl (C=O) groups is 3. The summed E-state index contributed by atoms with van der Waals surface area (Å²) in [6.07, 6.45) is 4.33. The fourth-order valence-electron chi connectivity index (χ4n) is 6.19. The molecule has 2 aliphatic rings. The number of nitrogens with two attached hydrogens (primary N) is 1. The first-order chi connectivity index (χ1) is 22.2. The lowest BCUT2D eigenvalue weighted by Crippen LogP contribution is -2.48. The molecule has 1 unspecified atom stereocenters. The number of amides is 3. The highest BCUT2D eigenvalue weighted by Crippen LogP contribution is 2.38. The molecule has 3 N–H and O–H groups in total. The third-order valence-corrected chi connectivity index (χ3v) is 9.67. The predicted molar refractivity (Wildman–Crippen MR) is 173 cm³/mol. The zero-order valence-corrected chi connectivity index (χ0v) is 26.2. The fourth-order valence-corrected chi connectivity index (χ4v) is 7.39. The Morgan fingerprint density at radius 1 is 1.20 bits per heavy atom. The number of hydrogen-bond acceptors (Lipinski definition) is 7. The van der Waals surface area contributed by atoms with Crippen LogP contribution in [0.1, 0.15) is 58.9 Å². The second kappa shape index (κ2) is 12.9. The van der Waals surface area contributed by atoms with Crippen molar-refractivity contribution >= 4 is 51.7 Å². The normalized spacial score (nSPS) is 20.0. The molecule has 0 spiro atoms. The topological polar surface area (TPSA) is 136 Å². The molecule has 0 radical (unpaired) electrons. The van der Waals surface area contributed by atoms with Crippen LogP contribution in [0.15, 0.2) is 53.5 Å². The van der Waals surface area contributed by atoms with Crippen LogP contribution in [0.2, 0.25) is 0 Å². The Bertz CT molecular complexity index is 1880. The maximum absolute atomic E-state index is 14.8. The minimum absolute atomic E-state index is 0.00490. The number of aryl methyl sites for hydroxylation is 1. The Labute approximate surface area is 268 Å². The van der Waals surface area contributed by atoms with Crippen molar-refractivity contribution in [2.45, 2.75) is 57.4 Å². The van der Waals surface area contributed by atoms with Crippen LogP contribution in [0.5, 0.6) is 0 Å². The summed E-state index contributed by atoms with van der Waals surface area (Å²) in [5.41, 5.74) is 9.44. The van der Waals surface area contributed by atoms with Gasteiger partial charge in [0.25, 0.3) is 5.91 Å². The third kappa shape index (κ3) is 6.06. The number of nitrogens with one attached hydrogen (secondary N) is 1. The molecular weight excluding hydrogens is 612 g/mol. The average Bonchev–Trinajstić information content (AvgIpc) is 3.76. The van der Waals surface area contributed by atoms with Gasteiger partial charge in [-0.15, -0.1) is 11.3 Å². The predicted octanol–water partition coefficient (Wildman–Crippen LogP) is 4.63. The monoisotopic (exact) mass is 645 g/mol. The third-order valence-electron chi connectivity index (χ3n) is 8.41. The summed E-state index contributed by atoms with van der Waals surface area (Å²) < 4.78 is 29.6. The van der Waals surface area contributed by atoms with Crippen LogP contribution >= 0.6 is 11.3 Å². The number of nitrogens with zero attached hydrogens (tertiary/aromatic N) is 5. The van der Waals surface area contributed by atoms with Crippen LogP contribution in [0.4, 0.5) is 8.78 Å². The van der Waals surface area contributed by atoms with E-state index in [-0.39, 0.29) is 37.1 Å². The Morgan fingerprint density at radius 2 is 1.98 bits per heavy atom. The van der Waals surface area contributed by atoms with Crippen LogP contribution < -0.4 is 11.1 Å². The minimum Gasteiger partial charge on any atom is -0.364 e. The largest absolute Gasteiger partial charge is 0.364 e. The maximum atomic E-state index is 14.8. The second-order valence-corrected chi connectivity index (χ2v) is 12.4. The molecule has 2 aromatic carbocycles. The number of alkyl halides is 1. The van der Waals surface area contributed by atoms with Crippen LogP contribution in [-0.4, -0.2) is 69.4 Å². The smallest absolute Gasteiger partial charge is 0.269 e. The average molecular weight is 646 g/mol. The molecule has 1 fully saturated rings. The summed E-state index contributed by atoms with van der Waals surface area (Å²) >= 11 is 1.45. The standard InChI is InChI=1S/C33H33F2N7O3S/c1-3-18(15-37-2)20-9-12-26-23(13-20)29(31(36)44)40-42(26)17-28(43)41-16-22(35)14-27(41)32(45)38-24-5-4-6-25-30(24)46-33(39-25)19-7-10-21(34)11-8-19/h3,7-13,15,22,24,27H,4-6,14,16-17H2,1-2H3,(H2,36,44)(H,38,45)/b18-3+,37-15-/t22-,24?,27+/m1/s1. The molecule has 238 valence electrons. The SMILES string of the molecule is C/C=C(\C=N/C)c1ccc2c(c1)c(C(N)=O)nn2CC(=O)N1C[C@H](F)C[C@H]1C(=O)NC1CCCc2nc(-c3ccc(F)cc3)sc21. The summed E-state index contributed by atoms with van der Waals surface area (Å²) in [6, 6.07) is 10.1. The van der Waals surface area contributed by atoms with E-state index in [1.807, 2.05) is 19.1 Å². The van der Waals surface area contributed by atoms with E-state index in [1.54, 1.807) is 37.5 Å². The highest BCUT2D eigenvalue weighted by atomic mass is 32.1. The van der Waals surface area contributed by atoms with Gasteiger partial charge in [-0.2, -0.15) is 5.10 Å². The second-order valence-electron chi connectivity index (χ2n) is 11.4. The summed E-state index contributed by atoms with van der Waals surface area (Å²) in [5.74, 6) is -2.02. The van der Waals surface area contributed by atoms with Gasteiger partial charge >= 0.3 is 0 Å². The van der Waals surface area contributed by atoms with Crippen molar-refractivity contribution in [3.8, 4) is 10.6 Å². The highest BCUT2D eigenvalue weighted by molar-refractivity contribution is 7.15. The van der Waals surface area contributed by atoms with E-state index in [2.05, 4.69) is 15.4 Å². The van der Waals surface area contributed by atoms with Crippen molar-refractivity contribution < 1.29 is 23.2 Å². The van der Waals surface area contributed by atoms with Gasteiger partial charge in [0.05, 0.1) is 28.7 Å². The number of aliphatic imine (C=N–C) groups is 1. The van der Waals surface area contributed by atoms with Gasteiger partial charge in [-0.25, -0.2) is 13.8 Å². The molecule has 1 aliphatic carbocycles. The molecule has 13 heteroatoms. The molecule has 3 atom stereocenters. The number of rotatable bonds is 8. The summed E-state index contributed by atoms with van der Waals surface area (Å²) in [7, 11) is 1.66. The number of hydrogen-bond donors (Lipinski definition) is 2. The first-order valence-electron chi connectivity index (χ1n) is 15.1. The van der Waals surface area contributed by atoms with Crippen molar-refractivity contribution in [1.29, 1.82) is 0 Å². The van der Waals surface area contributed by atoms with Crippen molar-refractivity contribution in [2.24, 2.45) is 10.7 Å². The molecule has 4 aromatic rings. The number of thiazole rings is 1. The summed E-state index contributed by atoms with van der Waals surface area (Å²) in [5, 5.41) is 8.59. The Hall–Kier alpha value is -4.78. The van der Waals surface area contributed by atoms with Crippen LogP contribution in [0, 0.1) is 5.82 Å². The summed E-state index contributed by atoms with van der Waals surface area (Å²) in [6.45, 7) is 1.33. The lowest BCUT2D eigenvalue weighted by Gasteiger charge is -2.28. The maximum Gasteiger partial charge on any atom is 0.269 e. The lowest BCUT2D eigenvalue weighted by atomic mass is 9.97. The van der Waals surface area contributed by atoms with E-state index in [0.717, 1.165) is 45.1 Å². The van der Waals surface area contributed by atoms with E-state index in [4.69, 9.17) is 10.7 Å². The van der Waals surface area contributed by atoms with Crippen molar-refractivity contribution in [3.05, 3.63) is 76.2 Å². The summed E-state index contributed by atoms with van der Waals surface area (Å²) in [4.78, 5) is 50.5. The van der Waals surface area contributed by atoms with E-state index in [0.29, 0.717) is 17.3 Å². The van der Waals surface area contributed by atoms with Gasteiger partial charge in [0.15, 0.2) is 5.69 Å². The zero-order valence-electron chi connectivity index (χ0n) is 25.4. The molecule has 3 amide bonds. The fraction of sp³-hybridized carbons (Fsp3) is 0.333. The van der Waals surface area contributed by atoms with Crippen molar-refractivity contribution in [2.75, 3.05) is 13.6 Å². The van der Waals surface area contributed by atoms with Crippen LogP contribution in [-0.2, 0) is 22.6 Å². The van der Waals surface area contributed by atoms with E-state index in [9.17, 15) is 23.2 Å². The number of benzene rings is 2. The molecule has 2 aromatic heterocycles. The minimum atomic E-state index is -1.37. The van der Waals surface area contributed by atoms with E-state index in [1.165, 1.54) is 33.1 Å². The highest BCUT2D eigenvalue weighted by Gasteiger charge is 2.41. The molecule has 6 rings (SSSR count). The van der Waals surface area contributed by atoms with Gasteiger partial charge in [-0.3, -0.25) is 24.1 Å². The first-order valence-corrected chi connectivity index (χ1v) is 15.9. The van der Waals surface area contributed by atoms with Gasteiger partial charge in [-0.05, 0) is 73.7 Å². The Morgan fingerprint density at radius 3 is 2.70 bits per heavy atom. The van der Waals surface area contributed by atoms with Crippen LogP contribution in [0.3, 0.4) is 0 Å². The quantitative estimate of drug-likeness (QED) is 0.270. The molecule has 0 bridgehead atoms. The van der Waals surface area contributed by atoms with Gasteiger partial charge in [0.1, 0.15) is 29.6 Å². The van der Waals surface area contributed by atoms with Crippen molar-refractivity contribution in [1.82, 2.24) is 25.0 Å². The number of primary amides is 1. The zero-order chi connectivity index (χ0) is 32.5. The molecule has 0 saturated carbocycles. The molecule has 46 heavy (non-hydrogen) atoms. The molecule has 1 aliphatic heterocycles. The number of halogens is 2. The van der Waals surface area contributed by atoms with E-state index >= 15 is 0 Å². The number of allylic oxidation sites excluding steroid dienone is 2. The number of fused-ring (bicyclic) bond motifs is 2. The number of aromatic nitrogens is 3. The number of likely N-dealkylation sites (tertiary alicyclic amines) is 1. The van der Waals surface area contributed by atoms with E-state index < -0.39 is 29.9 Å². The lowest BCUT2D eigenvalue weighted by molar-refractivity contribution is -0.139. The Balaban J connectivity index is 1.21. The molecular formula is C33H33F2N7O3S. The molecule has 3 heterocycles. The van der Waals surface area contributed by atoms with Gasteiger partial charge in [-0.1, -0.05) is 12.1 Å². The first kappa shape index (κ1) is 31.2. The van der Waals surface area contributed by atoms with Gasteiger partial charge in [0.2, 0.25) is 11.8 Å². The number of carbonyl (C=O) groups excluding carboxylic acids is 3. The van der Waals surface area contributed by atoms with Crippen molar-refractivity contribution in [3.63, 3.8) is 0 Å². The van der Waals surface area contributed by atoms with Gasteiger partial charge < -0.3 is 16.0 Å².